The SMILES string of the molecule is CN(C)C(=O)Oc1cc(-c2ccccc2)[nH]n1. The third-order valence-electron chi connectivity index (χ3n) is 2.20. The average molecular weight is 231 g/mol. The minimum Gasteiger partial charge on any atom is -0.389 e. The van der Waals surface area contributed by atoms with Crippen molar-refractivity contribution >= 4 is 6.09 Å². The van der Waals surface area contributed by atoms with Crippen LogP contribution in [0, 0.1) is 0 Å². The Kier molecular flexibility index (Phi) is 3.09. The third-order valence-corrected chi connectivity index (χ3v) is 2.20. The summed E-state index contributed by atoms with van der Waals surface area (Å²) in [5, 5.41) is 6.74. The van der Waals surface area contributed by atoms with Crippen LogP contribution in [0.4, 0.5) is 4.79 Å². The molecule has 0 aliphatic rings. The Morgan fingerprint density at radius 3 is 2.65 bits per heavy atom. The summed E-state index contributed by atoms with van der Waals surface area (Å²) in [5.41, 5.74) is 1.80. The number of carbonyl (C=O) groups is 1. The lowest BCUT2D eigenvalue weighted by Gasteiger charge is -2.07. The molecule has 5 heteroatoms. The Morgan fingerprint density at radius 2 is 2.00 bits per heavy atom. The average Bonchev–Trinajstić information content (AvgIpc) is 2.78. The molecule has 0 unspecified atom stereocenters. The maximum Gasteiger partial charge on any atom is 0.416 e. The van der Waals surface area contributed by atoms with Gasteiger partial charge in [0, 0.05) is 20.2 Å². The summed E-state index contributed by atoms with van der Waals surface area (Å²) < 4.78 is 5.02. The highest BCUT2D eigenvalue weighted by molar-refractivity contribution is 5.70. The van der Waals surface area contributed by atoms with Crippen molar-refractivity contribution in [1.82, 2.24) is 15.1 Å². The topological polar surface area (TPSA) is 58.2 Å². The molecular formula is C12H13N3O2. The van der Waals surface area contributed by atoms with Crippen molar-refractivity contribution in [3.05, 3.63) is 36.4 Å². The van der Waals surface area contributed by atoms with Gasteiger partial charge in [0.2, 0.25) is 5.88 Å². The summed E-state index contributed by atoms with van der Waals surface area (Å²) in [6.45, 7) is 0. The van der Waals surface area contributed by atoms with E-state index in [-0.39, 0.29) is 5.88 Å². The van der Waals surface area contributed by atoms with Gasteiger partial charge in [-0.2, -0.15) is 0 Å². The number of H-pyrrole nitrogens is 1. The van der Waals surface area contributed by atoms with Gasteiger partial charge in [0.05, 0.1) is 5.69 Å². The van der Waals surface area contributed by atoms with Crippen molar-refractivity contribution in [2.24, 2.45) is 0 Å². The number of ether oxygens (including phenoxy) is 1. The van der Waals surface area contributed by atoms with Crippen molar-refractivity contribution in [2.75, 3.05) is 14.1 Å². The molecule has 2 aromatic rings. The lowest BCUT2D eigenvalue weighted by Crippen LogP contribution is -2.25. The van der Waals surface area contributed by atoms with E-state index in [2.05, 4.69) is 10.2 Å². The number of hydrogen-bond donors (Lipinski definition) is 1. The molecule has 5 nitrogen and oxygen atoms in total. The van der Waals surface area contributed by atoms with Crippen molar-refractivity contribution in [2.45, 2.75) is 0 Å². The van der Waals surface area contributed by atoms with Gasteiger partial charge >= 0.3 is 6.09 Å². The number of nitrogens with one attached hydrogen (secondary N) is 1. The summed E-state index contributed by atoms with van der Waals surface area (Å²) >= 11 is 0. The number of carbonyl (C=O) groups excluding carboxylic acids is 1. The highest BCUT2D eigenvalue weighted by Gasteiger charge is 2.10. The molecule has 0 radical (unpaired) electrons. The van der Waals surface area contributed by atoms with E-state index in [0.717, 1.165) is 11.3 Å². The highest BCUT2D eigenvalue weighted by atomic mass is 16.6. The van der Waals surface area contributed by atoms with E-state index in [1.165, 1.54) is 4.90 Å². The predicted octanol–water partition coefficient (Wildman–Crippen LogP) is 2.14. The zero-order chi connectivity index (χ0) is 12.3. The van der Waals surface area contributed by atoms with Crippen LogP contribution in [0.3, 0.4) is 0 Å². The van der Waals surface area contributed by atoms with Crippen molar-refractivity contribution in [1.29, 1.82) is 0 Å². The van der Waals surface area contributed by atoms with Crippen LogP contribution in [0.2, 0.25) is 0 Å². The Hall–Kier alpha value is -2.30. The molecule has 1 heterocycles. The molecule has 17 heavy (non-hydrogen) atoms. The fourth-order valence-electron chi connectivity index (χ4n) is 1.30. The van der Waals surface area contributed by atoms with E-state index in [0.29, 0.717) is 0 Å². The van der Waals surface area contributed by atoms with E-state index in [1.54, 1.807) is 20.2 Å². The first kappa shape index (κ1) is 11.2. The summed E-state index contributed by atoms with van der Waals surface area (Å²) in [6, 6.07) is 11.4. The van der Waals surface area contributed by atoms with Crippen molar-refractivity contribution in [3.8, 4) is 17.1 Å². The Labute approximate surface area is 99.0 Å². The van der Waals surface area contributed by atoms with E-state index in [4.69, 9.17) is 4.74 Å². The molecule has 88 valence electrons. The van der Waals surface area contributed by atoms with Gasteiger partial charge in [-0.1, -0.05) is 30.3 Å². The van der Waals surface area contributed by atoms with Crippen LogP contribution in [-0.2, 0) is 0 Å². The molecule has 1 aromatic heterocycles. The van der Waals surface area contributed by atoms with Crippen LogP contribution in [0.25, 0.3) is 11.3 Å². The number of benzene rings is 1. The van der Waals surface area contributed by atoms with Crippen LogP contribution in [-0.4, -0.2) is 35.3 Å². The molecule has 0 atom stereocenters. The van der Waals surface area contributed by atoms with Crippen LogP contribution < -0.4 is 4.74 Å². The van der Waals surface area contributed by atoms with Crippen molar-refractivity contribution < 1.29 is 9.53 Å². The van der Waals surface area contributed by atoms with Crippen LogP contribution in [0.1, 0.15) is 0 Å². The Balaban J connectivity index is 2.14. The third kappa shape index (κ3) is 2.63. The van der Waals surface area contributed by atoms with Gasteiger partial charge < -0.3 is 9.64 Å². The summed E-state index contributed by atoms with van der Waals surface area (Å²) in [5.74, 6) is 0.266. The molecule has 0 saturated carbocycles. The molecule has 0 fully saturated rings. The molecule has 0 aliphatic heterocycles. The fraction of sp³-hybridized carbons (Fsp3) is 0.167. The van der Waals surface area contributed by atoms with Crippen LogP contribution >= 0.6 is 0 Å². The monoisotopic (exact) mass is 231 g/mol. The number of hydrogen-bond acceptors (Lipinski definition) is 3. The number of aromatic nitrogens is 2. The van der Waals surface area contributed by atoms with Gasteiger partial charge in [-0.05, 0) is 5.56 Å². The molecule has 1 aromatic carbocycles. The minimum absolute atomic E-state index is 0.266. The number of amides is 1. The van der Waals surface area contributed by atoms with E-state index >= 15 is 0 Å². The molecule has 1 N–H and O–H groups in total. The fourth-order valence-corrected chi connectivity index (χ4v) is 1.30. The highest BCUT2D eigenvalue weighted by Crippen LogP contribution is 2.20. The van der Waals surface area contributed by atoms with Crippen LogP contribution in [0.5, 0.6) is 5.88 Å². The van der Waals surface area contributed by atoms with E-state index in [1.807, 2.05) is 30.3 Å². The Bertz CT molecular complexity index is 505. The molecule has 0 bridgehead atoms. The van der Waals surface area contributed by atoms with Crippen LogP contribution in [0.15, 0.2) is 36.4 Å². The van der Waals surface area contributed by atoms with Crippen molar-refractivity contribution in [3.63, 3.8) is 0 Å². The van der Waals surface area contributed by atoms with Gasteiger partial charge in [-0.15, -0.1) is 5.10 Å². The number of aromatic amines is 1. The first-order chi connectivity index (χ1) is 8.16. The second kappa shape index (κ2) is 4.69. The second-order valence-electron chi connectivity index (χ2n) is 3.75. The van der Waals surface area contributed by atoms with Gasteiger partial charge in [-0.25, -0.2) is 4.79 Å². The predicted molar refractivity (Wildman–Crippen MR) is 63.7 cm³/mol. The molecule has 0 saturated heterocycles. The van der Waals surface area contributed by atoms with Gasteiger partial charge in [0.1, 0.15) is 0 Å². The minimum atomic E-state index is -0.448. The second-order valence-corrected chi connectivity index (χ2v) is 3.75. The summed E-state index contributed by atoms with van der Waals surface area (Å²) in [7, 11) is 3.24. The zero-order valence-corrected chi connectivity index (χ0v) is 9.68. The number of rotatable bonds is 2. The number of nitrogens with zero attached hydrogens (tertiary/aromatic N) is 2. The maximum atomic E-state index is 11.3. The standard InChI is InChI=1S/C12H13N3O2/c1-15(2)12(16)17-11-8-10(13-14-11)9-6-4-3-5-7-9/h3-8H,1-2H3,(H,13,14). The van der Waals surface area contributed by atoms with E-state index < -0.39 is 6.09 Å². The normalized spacial score (nSPS) is 10.0. The quantitative estimate of drug-likeness (QED) is 0.861. The Morgan fingerprint density at radius 1 is 1.29 bits per heavy atom. The van der Waals surface area contributed by atoms with E-state index in [9.17, 15) is 4.79 Å². The lowest BCUT2D eigenvalue weighted by molar-refractivity contribution is 0.170. The first-order valence-electron chi connectivity index (χ1n) is 5.17. The van der Waals surface area contributed by atoms with Gasteiger partial charge in [-0.3, -0.25) is 5.10 Å². The first-order valence-corrected chi connectivity index (χ1v) is 5.17. The summed E-state index contributed by atoms with van der Waals surface area (Å²) in [6.07, 6.45) is -0.448. The molecule has 2 rings (SSSR count). The maximum absolute atomic E-state index is 11.3. The molecule has 1 amide bonds. The summed E-state index contributed by atoms with van der Waals surface area (Å²) in [4.78, 5) is 12.7. The molecule has 0 spiro atoms. The zero-order valence-electron chi connectivity index (χ0n) is 9.68. The molecular weight excluding hydrogens is 218 g/mol. The largest absolute Gasteiger partial charge is 0.416 e. The molecule has 0 aliphatic carbocycles. The lowest BCUT2D eigenvalue weighted by atomic mass is 10.2. The smallest absolute Gasteiger partial charge is 0.389 e. The van der Waals surface area contributed by atoms with Gasteiger partial charge in [0.25, 0.3) is 0 Å². The van der Waals surface area contributed by atoms with Gasteiger partial charge in [0.15, 0.2) is 0 Å².